The van der Waals surface area contributed by atoms with Crippen LogP contribution in [0.25, 0.3) is 0 Å². The van der Waals surface area contributed by atoms with Crippen LogP contribution in [0.2, 0.25) is 0 Å². The minimum atomic E-state index is -4.51. The van der Waals surface area contributed by atoms with Crippen molar-refractivity contribution in [2.24, 2.45) is 0 Å². The van der Waals surface area contributed by atoms with E-state index >= 15 is 0 Å². The first kappa shape index (κ1) is 16.4. The zero-order chi connectivity index (χ0) is 15.4. The van der Waals surface area contributed by atoms with E-state index in [9.17, 15) is 26.4 Å². The number of alkyl halides is 3. The van der Waals surface area contributed by atoms with Crippen LogP contribution in [0.3, 0.4) is 0 Å². The highest BCUT2D eigenvalue weighted by Crippen LogP contribution is 2.30. The number of carbonyl (C=O) groups excluding carboxylic acids is 1. The van der Waals surface area contributed by atoms with Crippen LogP contribution in [0, 0.1) is 0 Å². The molecule has 0 fully saturated rings. The van der Waals surface area contributed by atoms with Gasteiger partial charge in [0.05, 0.1) is 17.9 Å². The van der Waals surface area contributed by atoms with Gasteiger partial charge < -0.3 is 5.32 Å². The summed E-state index contributed by atoms with van der Waals surface area (Å²) in [5.41, 5.74) is -0.954. The Morgan fingerprint density at radius 2 is 1.95 bits per heavy atom. The van der Waals surface area contributed by atoms with E-state index in [1.807, 2.05) is 4.72 Å². The number of sulfonamides is 1. The van der Waals surface area contributed by atoms with Gasteiger partial charge >= 0.3 is 6.18 Å². The van der Waals surface area contributed by atoms with Crippen LogP contribution in [0.5, 0.6) is 0 Å². The Hall–Kier alpha value is -1.61. The van der Waals surface area contributed by atoms with Crippen molar-refractivity contribution in [2.75, 3.05) is 17.6 Å². The smallest absolute Gasteiger partial charge is 0.325 e. The van der Waals surface area contributed by atoms with E-state index in [-0.39, 0.29) is 11.4 Å². The average molecular weight is 310 g/mol. The molecule has 0 atom stereocenters. The summed E-state index contributed by atoms with van der Waals surface area (Å²) in [5, 5.41) is 2.19. The molecule has 0 unspecified atom stereocenters. The van der Waals surface area contributed by atoms with Crippen molar-refractivity contribution in [3.63, 3.8) is 0 Å². The molecular weight excluding hydrogens is 297 g/mol. The summed E-state index contributed by atoms with van der Waals surface area (Å²) < 4.78 is 61.6. The van der Waals surface area contributed by atoms with E-state index < -0.39 is 34.2 Å². The molecule has 9 heteroatoms. The Labute approximate surface area is 114 Å². The molecule has 0 aliphatic rings. The van der Waals surface area contributed by atoms with E-state index in [0.717, 1.165) is 18.2 Å². The Morgan fingerprint density at radius 3 is 2.50 bits per heavy atom. The van der Waals surface area contributed by atoms with Crippen LogP contribution in [0.15, 0.2) is 24.3 Å². The molecule has 1 rings (SSSR count). The standard InChI is InChI=1S/C11H13F3N2O3S/c1-2-20(18,19)15-7-10(17)16-9-5-3-4-8(6-9)11(12,13)14/h3-6,15H,2,7H2,1H3,(H,16,17). The molecule has 1 aromatic carbocycles. The molecule has 0 aliphatic heterocycles. The third-order valence-corrected chi connectivity index (χ3v) is 3.65. The third-order valence-electron chi connectivity index (χ3n) is 2.31. The summed E-state index contributed by atoms with van der Waals surface area (Å²) >= 11 is 0. The van der Waals surface area contributed by atoms with Gasteiger partial charge in [0.25, 0.3) is 0 Å². The number of halogens is 3. The highest BCUT2D eigenvalue weighted by atomic mass is 32.2. The molecule has 0 aliphatic carbocycles. The highest BCUT2D eigenvalue weighted by Gasteiger charge is 2.30. The maximum absolute atomic E-state index is 12.5. The Balaban J connectivity index is 2.68. The van der Waals surface area contributed by atoms with Gasteiger partial charge in [0.15, 0.2) is 0 Å². The predicted molar refractivity (Wildman–Crippen MR) is 67.5 cm³/mol. The minimum absolute atomic E-state index is 0.0551. The van der Waals surface area contributed by atoms with Gasteiger partial charge in [0.1, 0.15) is 0 Å². The second-order valence-electron chi connectivity index (χ2n) is 3.85. The van der Waals surface area contributed by atoms with E-state index in [2.05, 4.69) is 5.32 Å². The van der Waals surface area contributed by atoms with E-state index in [4.69, 9.17) is 0 Å². The van der Waals surface area contributed by atoms with Gasteiger partial charge in [-0.1, -0.05) is 6.07 Å². The quantitative estimate of drug-likeness (QED) is 0.867. The van der Waals surface area contributed by atoms with Gasteiger partial charge in [0, 0.05) is 5.69 Å². The maximum Gasteiger partial charge on any atom is 0.416 e. The van der Waals surface area contributed by atoms with Crippen molar-refractivity contribution in [3.05, 3.63) is 29.8 Å². The number of carbonyl (C=O) groups is 1. The van der Waals surface area contributed by atoms with Crippen LogP contribution in [-0.2, 0) is 21.0 Å². The molecule has 0 radical (unpaired) electrons. The van der Waals surface area contributed by atoms with Gasteiger partial charge in [-0.3, -0.25) is 4.79 Å². The average Bonchev–Trinajstić information content (AvgIpc) is 2.36. The van der Waals surface area contributed by atoms with Gasteiger partial charge in [-0.05, 0) is 25.1 Å². The molecule has 20 heavy (non-hydrogen) atoms. The van der Waals surface area contributed by atoms with Crippen molar-refractivity contribution >= 4 is 21.6 Å². The maximum atomic E-state index is 12.5. The number of anilines is 1. The van der Waals surface area contributed by atoms with Crippen molar-refractivity contribution < 1.29 is 26.4 Å². The Bertz CT molecular complexity index is 585. The number of rotatable bonds is 5. The molecule has 0 saturated carbocycles. The molecule has 0 heterocycles. The number of benzene rings is 1. The second-order valence-corrected chi connectivity index (χ2v) is 5.95. The molecule has 1 amide bonds. The lowest BCUT2D eigenvalue weighted by atomic mass is 10.2. The first-order chi connectivity index (χ1) is 9.14. The molecule has 0 aromatic heterocycles. The molecule has 0 spiro atoms. The molecule has 5 nitrogen and oxygen atoms in total. The molecule has 2 N–H and O–H groups in total. The fourth-order valence-corrected chi connectivity index (χ4v) is 1.81. The van der Waals surface area contributed by atoms with Crippen LogP contribution >= 0.6 is 0 Å². The van der Waals surface area contributed by atoms with Gasteiger partial charge in [0.2, 0.25) is 15.9 Å². The summed E-state index contributed by atoms with van der Waals surface area (Å²) in [5.74, 6) is -0.939. The van der Waals surface area contributed by atoms with Gasteiger partial charge in [-0.25, -0.2) is 13.1 Å². The lowest BCUT2D eigenvalue weighted by Crippen LogP contribution is -2.33. The minimum Gasteiger partial charge on any atom is -0.325 e. The largest absolute Gasteiger partial charge is 0.416 e. The molecule has 112 valence electrons. The van der Waals surface area contributed by atoms with Crippen LogP contribution < -0.4 is 10.0 Å². The van der Waals surface area contributed by atoms with Crippen molar-refractivity contribution in [1.82, 2.24) is 4.72 Å². The zero-order valence-corrected chi connectivity index (χ0v) is 11.3. The number of hydrogen-bond acceptors (Lipinski definition) is 3. The lowest BCUT2D eigenvalue weighted by Gasteiger charge is -2.10. The van der Waals surface area contributed by atoms with Gasteiger partial charge in [-0.2, -0.15) is 13.2 Å². The van der Waals surface area contributed by atoms with E-state index in [0.29, 0.717) is 0 Å². The van der Waals surface area contributed by atoms with Crippen molar-refractivity contribution in [3.8, 4) is 0 Å². The molecule has 0 saturated heterocycles. The lowest BCUT2D eigenvalue weighted by molar-refractivity contribution is -0.137. The van der Waals surface area contributed by atoms with Crippen LogP contribution in [0.1, 0.15) is 12.5 Å². The summed E-state index contributed by atoms with van der Waals surface area (Å²) in [7, 11) is -3.53. The first-order valence-electron chi connectivity index (χ1n) is 5.58. The Kier molecular flexibility index (Phi) is 5.12. The summed E-state index contributed by atoms with van der Waals surface area (Å²) in [6.07, 6.45) is -4.51. The Morgan fingerprint density at radius 1 is 1.30 bits per heavy atom. The van der Waals surface area contributed by atoms with Crippen molar-refractivity contribution in [1.29, 1.82) is 0 Å². The van der Waals surface area contributed by atoms with E-state index in [1.165, 1.54) is 13.0 Å². The highest BCUT2D eigenvalue weighted by molar-refractivity contribution is 7.89. The number of nitrogens with one attached hydrogen (secondary N) is 2. The summed E-state index contributed by atoms with van der Waals surface area (Å²) in [4.78, 5) is 11.4. The summed E-state index contributed by atoms with van der Waals surface area (Å²) in [6.45, 7) is 0.861. The third kappa shape index (κ3) is 5.17. The topological polar surface area (TPSA) is 75.3 Å². The first-order valence-corrected chi connectivity index (χ1v) is 7.24. The van der Waals surface area contributed by atoms with Crippen molar-refractivity contribution in [2.45, 2.75) is 13.1 Å². The SMILES string of the molecule is CCS(=O)(=O)NCC(=O)Nc1cccc(C(F)(F)F)c1. The molecule has 0 bridgehead atoms. The van der Waals surface area contributed by atoms with Gasteiger partial charge in [-0.15, -0.1) is 0 Å². The normalized spacial score (nSPS) is 12.2. The zero-order valence-electron chi connectivity index (χ0n) is 10.5. The predicted octanol–water partition coefficient (Wildman–Crippen LogP) is 1.58. The summed E-state index contributed by atoms with van der Waals surface area (Å²) in [6, 6.07) is 4.07. The van der Waals surface area contributed by atoms with E-state index in [1.54, 1.807) is 0 Å². The molecule has 1 aromatic rings. The number of amides is 1. The van der Waals surface area contributed by atoms with Crippen LogP contribution in [-0.4, -0.2) is 26.6 Å². The molecular formula is C11H13F3N2O3S. The fourth-order valence-electron chi connectivity index (χ4n) is 1.26. The monoisotopic (exact) mass is 310 g/mol. The van der Waals surface area contributed by atoms with Crippen LogP contribution in [0.4, 0.5) is 18.9 Å². The number of hydrogen-bond donors (Lipinski definition) is 2. The second kappa shape index (κ2) is 6.23. The fraction of sp³-hybridized carbons (Fsp3) is 0.364.